The number of hydrogen-bond acceptors (Lipinski definition) is 2. The number of hydrogen-bond donors (Lipinski definition) is 1. The number of aliphatic hydroxyl groups excluding tert-OH is 1. The Bertz CT molecular complexity index is 195. The number of aldehydes is 1. The molecule has 2 nitrogen and oxygen atoms in total. The van der Waals surface area contributed by atoms with Crippen molar-refractivity contribution in [2.45, 2.75) is 58.8 Å². The van der Waals surface area contributed by atoms with Crippen molar-refractivity contribution in [2.75, 3.05) is 6.61 Å². The summed E-state index contributed by atoms with van der Waals surface area (Å²) in [5, 5.41) is 8.89. The first-order valence-electron chi connectivity index (χ1n) is 6.00. The van der Waals surface area contributed by atoms with Crippen molar-refractivity contribution in [2.24, 2.45) is 0 Å². The van der Waals surface area contributed by atoms with Crippen LogP contribution in [0.3, 0.4) is 0 Å². The zero-order chi connectivity index (χ0) is 11.5. The van der Waals surface area contributed by atoms with Crippen LogP contribution in [-0.4, -0.2) is 18.0 Å². The standard InChI is InChI=1S/C13H24O2/c1-3-4-5-6-7-8-9-13(11-15)12(2)10-14/h11,14H,3-10H2,1-2H3/b13-12-. The van der Waals surface area contributed by atoms with Gasteiger partial charge in [-0.3, -0.25) is 4.79 Å². The Kier molecular flexibility index (Phi) is 9.49. The van der Waals surface area contributed by atoms with Crippen LogP contribution in [0.25, 0.3) is 0 Å². The number of carbonyl (C=O) groups excluding carboxylic acids is 1. The quantitative estimate of drug-likeness (QED) is 0.362. The number of aliphatic hydroxyl groups is 1. The largest absolute Gasteiger partial charge is 0.392 e. The molecule has 0 aromatic rings. The summed E-state index contributed by atoms with van der Waals surface area (Å²) in [6.45, 7) is 4.03. The average molecular weight is 212 g/mol. The SMILES string of the molecule is CCCCCCCC/C(C=O)=C(\C)CO. The first-order chi connectivity index (χ1) is 7.26. The molecule has 15 heavy (non-hydrogen) atoms. The Balaban J connectivity index is 3.60. The summed E-state index contributed by atoms with van der Waals surface area (Å²) in [6.07, 6.45) is 9.10. The molecule has 0 aliphatic rings. The molecule has 0 heterocycles. The average Bonchev–Trinajstić information content (AvgIpc) is 2.27. The molecule has 0 saturated carbocycles. The van der Waals surface area contributed by atoms with Crippen LogP contribution in [0.5, 0.6) is 0 Å². The van der Waals surface area contributed by atoms with Gasteiger partial charge < -0.3 is 5.11 Å². The molecular formula is C13H24O2. The van der Waals surface area contributed by atoms with Crippen molar-refractivity contribution in [3.63, 3.8) is 0 Å². The molecule has 1 N–H and O–H groups in total. The van der Waals surface area contributed by atoms with Gasteiger partial charge in [-0.2, -0.15) is 0 Å². The highest BCUT2D eigenvalue weighted by atomic mass is 16.3. The third-order valence-corrected chi connectivity index (χ3v) is 2.73. The highest BCUT2D eigenvalue weighted by Crippen LogP contribution is 2.13. The maximum Gasteiger partial charge on any atom is 0.146 e. The van der Waals surface area contributed by atoms with Crippen molar-refractivity contribution in [3.05, 3.63) is 11.1 Å². The minimum atomic E-state index is 0.00388. The number of carbonyl (C=O) groups is 1. The number of unbranched alkanes of at least 4 members (excludes halogenated alkanes) is 5. The summed E-state index contributed by atoms with van der Waals surface area (Å²) in [4.78, 5) is 10.7. The molecule has 0 atom stereocenters. The van der Waals surface area contributed by atoms with E-state index in [0.717, 1.165) is 30.3 Å². The fourth-order valence-corrected chi connectivity index (χ4v) is 1.57. The molecule has 0 amide bonds. The van der Waals surface area contributed by atoms with Crippen LogP contribution in [0.4, 0.5) is 0 Å². The summed E-state index contributed by atoms with van der Waals surface area (Å²) in [5.74, 6) is 0. The van der Waals surface area contributed by atoms with Crippen molar-refractivity contribution in [1.82, 2.24) is 0 Å². The van der Waals surface area contributed by atoms with Gasteiger partial charge in [-0.15, -0.1) is 0 Å². The molecule has 0 saturated heterocycles. The van der Waals surface area contributed by atoms with Crippen LogP contribution in [0, 0.1) is 0 Å². The molecule has 0 fully saturated rings. The van der Waals surface area contributed by atoms with Gasteiger partial charge in [0, 0.05) is 0 Å². The second kappa shape index (κ2) is 9.91. The van der Waals surface area contributed by atoms with E-state index in [2.05, 4.69) is 6.92 Å². The summed E-state index contributed by atoms with van der Waals surface area (Å²) in [5.41, 5.74) is 1.60. The Morgan fingerprint density at radius 2 is 1.73 bits per heavy atom. The molecule has 0 aliphatic carbocycles. The Morgan fingerprint density at radius 1 is 1.13 bits per heavy atom. The molecule has 0 bridgehead atoms. The Labute approximate surface area is 93.4 Å². The first-order valence-corrected chi connectivity index (χ1v) is 6.00. The van der Waals surface area contributed by atoms with Gasteiger partial charge in [-0.1, -0.05) is 39.0 Å². The lowest BCUT2D eigenvalue weighted by Gasteiger charge is -2.04. The summed E-state index contributed by atoms with van der Waals surface area (Å²) in [7, 11) is 0. The molecule has 0 unspecified atom stereocenters. The molecule has 0 spiro atoms. The fourth-order valence-electron chi connectivity index (χ4n) is 1.57. The van der Waals surface area contributed by atoms with E-state index < -0.39 is 0 Å². The van der Waals surface area contributed by atoms with Crippen molar-refractivity contribution >= 4 is 6.29 Å². The van der Waals surface area contributed by atoms with Crippen molar-refractivity contribution in [3.8, 4) is 0 Å². The minimum absolute atomic E-state index is 0.00388. The van der Waals surface area contributed by atoms with E-state index in [-0.39, 0.29) is 6.61 Å². The van der Waals surface area contributed by atoms with Crippen molar-refractivity contribution < 1.29 is 9.90 Å². The van der Waals surface area contributed by atoms with Gasteiger partial charge >= 0.3 is 0 Å². The molecule has 0 radical (unpaired) electrons. The zero-order valence-electron chi connectivity index (χ0n) is 10.1. The third-order valence-electron chi connectivity index (χ3n) is 2.73. The maximum atomic E-state index is 10.7. The van der Waals surface area contributed by atoms with Crippen LogP contribution in [0.2, 0.25) is 0 Å². The van der Waals surface area contributed by atoms with Crippen LogP contribution in [0.1, 0.15) is 58.8 Å². The lowest BCUT2D eigenvalue weighted by Crippen LogP contribution is -1.95. The lowest BCUT2D eigenvalue weighted by atomic mass is 10.0. The van der Waals surface area contributed by atoms with E-state index in [0.29, 0.717) is 0 Å². The van der Waals surface area contributed by atoms with E-state index in [9.17, 15) is 4.79 Å². The summed E-state index contributed by atoms with van der Waals surface area (Å²) >= 11 is 0. The van der Waals surface area contributed by atoms with Gasteiger partial charge in [-0.05, 0) is 30.9 Å². The van der Waals surface area contributed by atoms with E-state index >= 15 is 0 Å². The normalized spacial score (nSPS) is 12.5. The molecule has 0 aromatic carbocycles. The fraction of sp³-hybridized carbons (Fsp3) is 0.769. The van der Waals surface area contributed by atoms with Gasteiger partial charge in [0.05, 0.1) is 6.61 Å². The van der Waals surface area contributed by atoms with Gasteiger partial charge in [0.2, 0.25) is 0 Å². The minimum Gasteiger partial charge on any atom is -0.392 e. The Morgan fingerprint density at radius 3 is 2.27 bits per heavy atom. The van der Waals surface area contributed by atoms with E-state index in [1.165, 1.54) is 32.1 Å². The second-order valence-electron chi connectivity index (χ2n) is 4.10. The molecule has 0 rings (SSSR count). The monoisotopic (exact) mass is 212 g/mol. The number of rotatable bonds is 9. The topological polar surface area (TPSA) is 37.3 Å². The molecular weight excluding hydrogens is 188 g/mol. The number of allylic oxidation sites excluding steroid dienone is 1. The summed E-state index contributed by atoms with van der Waals surface area (Å²) in [6, 6.07) is 0. The molecule has 88 valence electrons. The highest BCUT2D eigenvalue weighted by molar-refractivity contribution is 5.74. The van der Waals surface area contributed by atoms with Gasteiger partial charge in [-0.25, -0.2) is 0 Å². The van der Waals surface area contributed by atoms with Crippen LogP contribution in [0.15, 0.2) is 11.1 Å². The summed E-state index contributed by atoms with van der Waals surface area (Å²) < 4.78 is 0. The third kappa shape index (κ3) is 7.32. The maximum absolute atomic E-state index is 10.7. The highest BCUT2D eigenvalue weighted by Gasteiger charge is 2.00. The Hall–Kier alpha value is -0.630. The van der Waals surface area contributed by atoms with E-state index in [1.54, 1.807) is 0 Å². The first kappa shape index (κ1) is 14.4. The molecule has 2 heteroatoms. The lowest BCUT2D eigenvalue weighted by molar-refractivity contribution is -0.105. The molecule has 0 aliphatic heterocycles. The van der Waals surface area contributed by atoms with Crippen LogP contribution >= 0.6 is 0 Å². The molecule has 0 aromatic heterocycles. The zero-order valence-corrected chi connectivity index (χ0v) is 10.1. The van der Waals surface area contributed by atoms with E-state index in [4.69, 9.17) is 5.11 Å². The second-order valence-corrected chi connectivity index (χ2v) is 4.10. The van der Waals surface area contributed by atoms with Crippen LogP contribution in [-0.2, 0) is 4.79 Å². The van der Waals surface area contributed by atoms with Crippen molar-refractivity contribution in [1.29, 1.82) is 0 Å². The van der Waals surface area contributed by atoms with Crippen LogP contribution < -0.4 is 0 Å². The van der Waals surface area contributed by atoms with Gasteiger partial charge in [0.25, 0.3) is 0 Å². The van der Waals surface area contributed by atoms with Gasteiger partial charge in [0.15, 0.2) is 0 Å². The smallest absolute Gasteiger partial charge is 0.146 e. The van der Waals surface area contributed by atoms with Gasteiger partial charge in [0.1, 0.15) is 6.29 Å². The predicted octanol–water partition coefficient (Wildman–Crippen LogP) is 3.24. The van der Waals surface area contributed by atoms with E-state index in [1.807, 2.05) is 6.92 Å². The predicted molar refractivity (Wildman–Crippen MR) is 63.8 cm³/mol.